The van der Waals surface area contributed by atoms with Crippen molar-refractivity contribution < 1.29 is 9.85 Å². The number of hydrogen-bond donors (Lipinski definition) is 0. The molecule has 0 aromatic heterocycles. The van der Waals surface area contributed by atoms with Crippen LogP contribution in [0.1, 0.15) is 64.2 Å². The van der Waals surface area contributed by atoms with Gasteiger partial charge in [-0.15, -0.1) is 0 Å². The summed E-state index contributed by atoms with van der Waals surface area (Å²) in [4.78, 5) is 29.0. The van der Waals surface area contributed by atoms with Gasteiger partial charge in [-0.1, -0.05) is 38.5 Å². The largest absolute Gasteiger partial charge is 0.571 e. The number of amidine groups is 2. The van der Waals surface area contributed by atoms with E-state index >= 15 is 0 Å². The Bertz CT molecular complexity index is 627. The first-order valence-corrected chi connectivity index (χ1v) is 8.98. The second kappa shape index (κ2) is 7.71. The van der Waals surface area contributed by atoms with Crippen molar-refractivity contribution in [2.24, 2.45) is 21.8 Å². The highest BCUT2D eigenvalue weighted by Gasteiger charge is 2.32. The zero-order valence-electron chi connectivity index (χ0n) is 14.1. The lowest BCUT2D eigenvalue weighted by Gasteiger charge is -2.34. The van der Waals surface area contributed by atoms with Gasteiger partial charge in [0.15, 0.2) is 5.82 Å². The van der Waals surface area contributed by atoms with Gasteiger partial charge in [-0.2, -0.15) is 0 Å². The molecule has 1 heterocycles. The monoisotopic (exact) mass is 348 g/mol. The van der Waals surface area contributed by atoms with Crippen LogP contribution in [0.3, 0.4) is 0 Å². The van der Waals surface area contributed by atoms with E-state index in [0.29, 0.717) is 11.7 Å². The van der Waals surface area contributed by atoms with Gasteiger partial charge >= 0.3 is 5.82 Å². The maximum atomic E-state index is 11.1. The predicted molar refractivity (Wildman–Crippen MR) is 92.4 cm³/mol. The lowest BCUT2D eigenvalue weighted by molar-refractivity contribution is -0.617. The zero-order chi connectivity index (χ0) is 17.8. The molecule has 2 fully saturated rings. The molecule has 25 heavy (non-hydrogen) atoms. The average molecular weight is 348 g/mol. The van der Waals surface area contributed by atoms with Crippen LogP contribution in [0.2, 0.25) is 0 Å². The number of nitrogens with zero attached hydrogens (tertiary/aromatic N) is 5. The molecule has 0 N–H and O–H groups in total. The summed E-state index contributed by atoms with van der Waals surface area (Å²) in [5, 5.41) is 26.4. The molecule has 0 aromatic rings. The van der Waals surface area contributed by atoms with Crippen LogP contribution in [0.25, 0.3) is 5.32 Å². The van der Waals surface area contributed by atoms with Crippen LogP contribution >= 0.6 is 0 Å². The first-order chi connectivity index (χ1) is 12.1. The first kappa shape index (κ1) is 17.5. The van der Waals surface area contributed by atoms with Crippen LogP contribution in [-0.4, -0.2) is 21.5 Å². The minimum Gasteiger partial charge on any atom is -0.367 e. The Kier molecular flexibility index (Phi) is 5.40. The third-order valence-electron chi connectivity index (χ3n) is 5.16. The van der Waals surface area contributed by atoms with Crippen LogP contribution in [0.5, 0.6) is 0 Å². The van der Waals surface area contributed by atoms with Crippen LogP contribution < -0.4 is 0 Å². The summed E-state index contributed by atoms with van der Waals surface area (Å²) in [5.74, 6) is -0.351. The highest BCUT2D eigenvalue weighted by Crippen LogP contribution is 2.34. The van der Waals surface area contributed by atoms with Gasteiger partial charge in [0.2, 0.25) is 0 Å². The van der Waals surface area contributed by atoms with Crippen molar-refractivity contribution in [3.63, 3.8) is 0 Å². The van der Waals surface area contributed by atoms with E-state index in [-0.39, 0.29) is 11.8 Å². The third kappa shape index (κ3) is 4.02. The van der Waals surface area contributed by atoms with Crippen LogP contribution in [0.4, 0.5) is 0 Å². The lowest BCUT2D eigenvalue weighted by atomic mass is 9.86. The molecule has 0 spiro atoms. The van der Waals surface area contributed by atoms with E-state index in [9.17, 15) is 20.2 Å². The number of rotatable bonds is 4. The van der Waals surface area contributed by atoms with Crippen LogP contribution in [0, 0.1) is 32.1 Å². The third-order valence-corrected chi connectivity index (χ3v) is 5.16. The van der Waals surface area contributed by atoms with E-state index in [1.165, 1.54) is 0 Å². The molecule has 0 amide bonds. The minimum absolute atomic E-state index is 0.109. The molecule has 0 bridgehead atoms. The summed E-state index contributed by atoms with van der Waals surface area (Å²) in [7, 11) is 0. The summed E-state index contributed by atoms with van der Waals surface area (Å²) >= 11 is 0. The molecule has 0 saturated heterocycles. The van der Waals surface area contributed by atoms with E-state index < -0.39 is 21.5 Å². The fourth-order valence-corrected chi connectivity index (χ4v) is 3.83. The fourth-order valence-electron chi connectivity index (χ4n) is 3.83. The van der Waals surface area contributed by atoms with Crippen molar-refractivity contribution in [2.75, 3.05) is 0 Å². The molecule has 1 aliphatic heterocycles. The molecule has 2 aliphatic carbocycles. The Balaban J connectivity index is 1.98. The Labute approximate surface area is 145 Å². The van der Waals surface area contributed by atoms with Crippen molar-refractivity contribution >= 4 is 11.7 Å². The molecule has 3 aliphatic rings. The maximum Gasteiger partial charge on any atom is 0.571 e. The molecule has 0 unspecified atom stereocenters. The molecule has 0 radical (unpaired) electrons. The van der Waals surface area contributed by atoms with Gasteiger partial charge in [-0.05, 0) is 49.2 Å². The Hall–Kier alpha value is -2.32. The van der Waals surface area contributed by atoms with Crippen molar-refractivity contribution in [3.8, 4) is 0 Å². The maximum absolute atomic E-state index is 11.1. The van der Waals surface area contributed by atoms with Crippen molar-refractivity contribution in [2.45, 2.75) is 64.2 Å². The highest BCUT2D eigenvalue weighted by molar-refractivity contribution is 6.09. The number of hydrogen-bond acceptors (Lipinski definition) is 6. The van der Waals surface area contributed by atoms with Crippen molar-refractivity contribution in [3.05, 3.63) is 37.2 Å². The topological polar surface area (TPSA) is 125 Å². The second-order valence-electron chi connectivity index (χ2n) is 6.88. The number of nitro groups is 2. The highest BCUT2D eigenvalue weighted by atomic mass is 16.7. The van der Waals surface area contributed by atoms with Gasteiger partial charge < -0.3 is 15.3 Å². The van der Waals surface area contributed by atoms with Gasteiger partial charge in [-0.3, -0.25) is 20.2 Å². The summed E-state index contributed by atoms with van der Waals surface area (Å²) in [6, 6.07) is 0. The summed E-state index contributed by atoms with van der Waals surface area (Å²) < 4.78 is 0. The van der Waals surface area contributed by atoms with Gasteiger partial charge in [0, 0.05) is 0 Å². The van der Waals surface area contributed by atoms with Gasteiger partial charge in [0.25, 0.3) is 0 Å². The second-order valence-corrected chi connectivity index (χ2v) is 6.88. The normalized spacial score (nSPS) is 22.6. The zero-order valence-corrected chi connectivity index (χ0v) is 14.1. The van der Waals surface area contributed by atoms with Crippen molar-refractivity contribution in [1.29, 1.82) is 0 Å². The van der Waals surface area contributed by atoms with Gasteiger partial charge in [0.05, 0.1) is 0 Å². The SMILES string of the molecule is O=[N+]([O-])C(=C1N=C(C2CCCCC2)N=C(C2CCCCC2)[N-]1)[N+](=O)[O-]. The fraction of sp³-hybridized carbons (Fsp3) is 0.750. The van der Waals surface area contributed by atoms with Crippen molar-refractivity contribution in [1.82, 2.24) is 0 Å². The molecular weight excluding hydrogens is 326 g/mol. The number of aliphatic imine (C=N–C) groups is 2. The van der Waals surface area contributed by atoms with E-state index in [1.807, 2.05) is 0 Å². The van der Waals surface area contributed by atoms with E-state index in [2.05, 4.69) is 15.3 Å². The van der Waals surface area contributed by atoms with Gasteiger partial charge in [0.1, 0.15) is 9.85 Å². The Morgan fingerprint density at radius 3 is 1.88 bits per heavy atom. The molecular formula is C16H22N5O4-. The molecule has 136 valence electrons. The van der Waals surface area contributed by atoms with Crippen LogP contribution in [-0.2, 0) is 0 Å². The lowest BCUT2D eigenvalue weighted by Crippen LogP contribution is -2.27. The predicted octanol–water partition coefficient (Wildman–Crippen LogP) is 4.01. The minimum atomic E-state index is -1.16. The van der Waals surface area contributed by atoms with E-state index in [0.717, 1.165) is 64.2 Å². The molecule has 9 nitrogen and oxygen atoms in total. The average Bonchev–Trinajstić information content (AvgIpc) is 2.62. The molecule has 9 heteroatoms. The Morgan fingerprint density at radius 2 is 1.36 bits per heavy atom. The molecule has 3 rings (SSSR count). The van der Waals surface area contributed by atoms with Crippen LogP contribution in [0.15, 0.2) is 21.6 Å². The van der Waals surface area contributed by atoms with E-state index in [4.69, 9.17) is 0 Å². The molecule has 0 atom stereocenters. The molecule has 0 aromatic carbocycles. The van der Waals surface area contributed by atoms with E-state index in [1.54, 1.807) is 0 Å². The Morgan fingerprint density at radius 1 is 0.840 bits per heavy atom. The quantitative estimate of drug-likeness (QED) is 0.562. The summed E-state index contributed by atoms with van der Waals surface area (Å²) in [6.07, 6.45) is 10.2. The summed E-state index contributed by atoms with van der Waals surface area (Å²) in [6.45, 7) is 0. The first-order valence-electron chi connectivity index (χ1n) is 8.98. The standard InChI is InChI=1S/C16H22N5O4/c22-20(23)16(21(24)25)15-18-13(11-7-3-1-4-8-11)17-14(19-15)12-9-5-2-6-10-12/h11-12H,1-10H2/q-1. The smallest absolute Gasteiger partial charge is 0.367 e. The molecule has 2 saturated carbocycles. The van der Waals surface area contributed by atoms with Gasteiger partial charge in [-0.25, -0.2) is 0 Å². The summed E-state index contributed by atoms with van der Waals surface area (Å²) in [5.41, 5.74) is 0.